The molecule has 1 aromatic carbocycles. The second-order valence-electron chi connectivity index (χ2n) is 6.21. The van der Waals surface area contributed by atoms with Crippen LogP contribution in [-0.4, -0.2) is 14.2 Å². The molecular weight excluding hydrogens is 224 g/mol. The lowest BCUT2D eigenvalue weighted by molar-refractivity contribution is 0.0235. The molecule has 0 heterocycles. The predicted octanol–water partition coefficient (Wildman–Crippen LogP) is 3.79. The van der Waals surface area contributed by atoms with Crippen LogP contribution in [0, 0.1) is 5.92 Å². The van der Waals surface area contributed by atoms with Crippen molar-refractivity contribution in [2.24, 2.45) is 5.92 Å². The van der Waals surface area contributed by atoms with Gasteiger partial charge in [0.15, 0.2) is 0 Å². The summed E-state index contributed by atoms with van der Waals surface area (Å²) in [4.78, 5) is 0. The molecule has 1 nitrogen and oxygen atoms in total. The van der Waals surface area contributed by atoms with Crippen LogP contribution in [0.4, 0.5) is 0 Å². The lowest BCUT2D eigenvalue weighted by Gasteiger charge is -2.18. The Morgan fingerprint density at radius 2 is 1.53 bits per heavy atom. The van der Waals surface area contributed by atoms with Gasteiger partial charge in [-0.15, -0.1) is 0 Å². The van der Waals surface area contributed by atoms with Gasteiger partial charge in [0.25, 0.3) is 0 Å². The van der Waals surface area contributed by atoms with E-state index < -0.39 is 8.07 Å². The maximum atomic E-state index is 5.83. The summed E-state index contributed by atoms with van der Waals surface area (Å²) in [6.07, 6.45) is 0.326. The molecule has 0 saturated heterocycles. The van der Waals surface area contributed by atoms with Crippen LogP contribution in [0.3, 0.4) is 0 Å². The molecule has 0 radical (unpaired) electrons. The van der Waals surface area contributed by atoms with Crippen molar-refractivity contribution in [1.29, 1.82) is 0 Å². The van der Waals surface area contributed by atoms with E-state index in [1.807, 2.05) is 0 Å². The highest BCUT2D eigenvalue weighted by molar-refractivity contribution is 6.88. The van der Waals surface area contributed by atoms with Gasteiger partial charge < -0.3 is 4.74 Å². The zero-order valence-corrected chi connectivity index (χ0v) is 13.1. The maximum Gasteiger partial charge on any atom is 0.0775 e. The molecule has 1 atom stereocenters. The third kappa shape index (κ3) is 4.64. The van der Waals surface area contributed by atoms with E-state index in [4.69, 9.17) is 4.74 Å². The van der Waals surface area contributed by atoms with E-state index in [0.29, 0.717) is 12.0 Å². The Morgan fingerprint density at radius 3 is 1.94 bits per heavy atom. The molecule has 0 fully saturated rings. The normalized spacial score (nSPS) is 14.1. The molecule has 0 bridgehead atoms. The minimum Gasteiger partial charge on any atom is -0.374 e. The molecule has 1 unspecified atom stereocenters. The molecular formula is C15H26OSi. The Labute approximate surface area is 107 Å². The molecule has 96 valence electrons. The highest BCUT2D eigenvalue weighted by atomic mass is 28.3. The smallest absolute Gasteiger partial charge is 0.0775 e. The van der Waals surface area contributed by atoms with Crippen molar-refractivity contribution in [1.82, 2.24) is 0 Å². The van der Waals surface area contributed by atoms with Gasteiger partial charge >= 0.3 is 0 Å². The molecule has 0 aliphatic rings. The van der Waals surface area contributed by atoms with E-state index in [1.54, 1.807) is 0 Å². The fourth-order valence-corrected chi connectivity index (χ4v) is 2.69. The molecule has 0 amide bonds. The van der Waals surface area contributed by atoms with E-state index >= 15 is 0 Å². The summed E-state index contributed by atoms with van der Waals surface area (Å²) in [5.41, 5.74) is 1.28. The second kappa shape index (κ2) is 5.83. The van der Waals surface area contributed by atoms with Crippen molar-refractivity contribution in [2.75, 3.05) is 0 Å². The van der Waals surface area contributed by atoms with E-state index in [0.717, 1.165) is 6.61 Å². The highest BCUT2D eigenvalue weighted by Gasteiger charge is 2.15. The van der Waals surface area contributed by atoms with Gasteiger partial charge in [0.1, 0.15) is 0 Å². The fourth-order valence-electron chi connectivity index (χ4n) is 1.52. The Morgan fingerprint density at radius 1 is 1.00 bits per heavy atom. The van der Waals surface area contributed by atoms with Gasteiger partial charge in [-0.25, -0.2) is 0 Å². The summed E-state index contributed by atoms with van der Waals surface area (Å²) in [5, 5.41) is 1.51. The molecule has 0 spiro atoms. The van der Waals surface area contributed by atoms with Crippen molar-refractivity contribution in [3.8, 4) is 0 Å². The molecule has 1 aromatic rings. The van der Waals surface area contributed by atoms with Crippen LogP contribution >= 0.6 is 0 Å². The first-order chi connectivity index (χ1) is 7.80. The van der Waals surface area contributed by atoms with Crippen molar-refractivity contribution in [2.45, 2.75) is 53.1 Å². The summed E-state index contributed by atoms with van der Waals surface area (Å²) in [6, 6.07) is 8.96. The largest absolute Gasteiger partial charge is 0.374 e. The van der Waals surface area contributed by atoms with Crippen molar-refractivity contribution in [3.05, 3.63) is 29.8 Å². The predicted molar refractivity (Wildman–Crippen MR) is 78.5 cm³/mol. The molecule has 0 aliphatic carbocycles. The van der Waals surface area contributed by atoms with Gasteiger partial charge in [-0.05, 0) is 18.4 Å². The minimum atomic E-state index is -1.16. The summed E-state index contributed by atoms with van der Waals surface area (Å²) < 4.78 is 5.83. The number of hydrogen-bond acceptors (Lipinski definition) is 1. The first kappa shape index (κ1) is 14.5. The Hall–Kier alpha value is -0.603. The first-order valence-electron chi connectivity index (χ1n) is 6.51. The van der Waals surface area contributed by atoms with Gasteiger partial charge in [0.2, 0.25) is 0 Å². The fraction of sp³-hybridized carbons (Fsp3) is 0.600. The zero-order chi connectivity index (χ0) is 13.1. The number of hydrogen-bond donors (Lipinski definition) is 0. The van der Waals surface area contributed by atoms with Crippen molar-refractivity contribution in [3.63, 3.8) is 0 Å². The second-order valence-corrected chi connectivity index (χ2v) is 11.3. The number of ether oxygens (including phenoxy) is 1. The molecule has 17 heavy (non-hydrogen) atoms. The van der Waals surface area contributed by atoms with Gasteiger partial charge in [-0.3, -0.25) is 0 Å². The van der Waals surface area contributed by atoms with Crippen molar-refractivity contribution >= 4 is 13.3 Å². The van der Waals surface area contributed by atoms with Gasteiger partial charge in [-0.2, -0.15) is 0 Å². The van der Waals surface area contributed by atoms with Crippen LogP contribution in [0.1, 0.15) is 26.3 Å². The molecule has 1 rings (SSSR count). The quantitative estimate of drug-likeness (QED) is 0.722. The Balaban J connectivity index is 2.57. The maximum absolute atomic E-state index is 5.83. The summed E-state index contributed by atoms with van der Waals surface area (Å²) in [6.45, 7) is 14.4. The molecule has 0 N–H and O–H groups in total. The third-order valence-electron chi connectivity index (χ3n) is 3.27. The lowest BCUT2D eigenvalue weighted by Crippen LogP contribution is -2.37. The first-order valence-corrected chi connectivity index (χ1v) is 10.0. The van der Waals surface area contributed by atoms with Gasteiger partial charge in [-0.1, -0.05) is 62.9 Å². The van der Waals surface area contributed by atoms with Crippen LogP contribution in [0.2, 0.25) is 19.6 Å². The van der Waals surface area contributed by atoms with Crippen LogP contribution in [0.25, 0.3) is 0 Å². The van der Waals surface area contributed by atoms with Crippen LogP contribution in [0.5, 0.6) is 0 Å². The Bertz CT molecular complexity index is 335. The van der Waals surface area contributed by atoms with E-state index in [2.05, 4.69) is 64.7 Å². The minimum absolute atomic E-state index is 0.326. The number of benzene rings is 1. The average molecular weight is 250 g/mol. The molecule has 0 aliphatic heterocycles. The molecule has 0 saturated carbocycles. The average Bonchev–Trinajstić information content (AvgIpc) is 2.25. The van der Waals surface area contributed by atoms with E-state index in [-0.39, 0.29) is 0 Å². The monoisotopic (exact) mass is 250 g/mol. The summed E-state index contributed by atoms with van der Waals surface area (Å²) in [5.74, 6) is 0.580. The van der Waals surface area contributed by atoms with Crippen LogP contribution in [0.15, 0.2) is 24.3 Å². The molecule has 0 aromatic heterocycles. The molecule has 2 heteroatoms. The van der Waals surface area contributed by atoms with Crippen molar-refractivity contribution < 1.29 is 4.74 Å². The standard InChI is InChI=1S/C15H26OSi/c1-12(2)13(3)16-11-14-7-9-15(10-8-14)17(4,5)6/h7-10,12-13H,11H2,1-6H3. The summed E-state index contributed by atoms with van der Waals surface area (Å²) >= 11 is 0. The third-order valence-corrected chi connectivity index (χ3v) is 5.34. The van der Waals surface area contributed by atoms with Gasteiger partial charge in [0.05, 0.1) is 20.8 Å². The summed E-state index contributed by atoms with van der Waals surface area (Å²) in [7, 11) is -1.16. The SMILES string of the molecule is CC(C)C(C)OCc1ccc([Si](C)(C)C)cc1. The number of rotatable bonds is 5. The van der Waals surface area contributed by atoms with Crippen LogP contribution in [-0.2, 0) is 11.3 Å². The topological polar surface area (TPSA) is 9.23 Å². The zero-order valence-electron chi connectivity index (χ0n) is 12.1. The lowest BCUT2D eigenvalue weighted by atomic mass is 10.1. The van der Waals surface area contributed by atoms with E-state index in [1.165, 1.54) is 10.8 Å². The Kier molecular flexibility index (Phi) is 4.96. The highest BCUT2D eigenvalue weighted by Crippen LogP contribution is 2.10. The van der Waals surface area contributed by atoms with Gasteiger partial charge in [0, 0.05) is 0 Å². The van der Waals surface area contributed by atoms with E-state index in [9.17, 15) is 0 Å². The van der Waals surface area contributed by atoms with Crippen LogP contribution < -0.4 is 5.19 Å².